The highest BCUT2D eigenvalue weighted by atomic mass is 16.6. The van der Waals surface area contributed by atoms with Crippen LogP contribution in [0.3, 0.4) is 0 Å². The lowest BCUT2D eigenvalue weighted by Crippen LogP contribution is -2.45. The first kappa shape index (κ1) is 19.1. The third-order valence-electron chi connectivity index (χ3n) is 4.55. The molecule has 2 aromatic carbocycles. The van der Waals surface area contributed by atoms with Crippen LogP contribution in [0.5, 0.6) is 0 Å². The number of amides is 3. The predicted molar refractivity (Wildman–Crippen MR) is 105 cm³/mol. The van der Waals surface area contributed by atoms with Gasteiger partial charge in [0.05, 0.1) is 16.5 Å². The maximum absolute atomic E-state index is 12.9. The first-order valence-corrected chi connectivity index (χ1v) is 8.82. The number of hydrogen-bond donors (Lipinski definition) is 3. The van der Waals surface area contributed by atoms with E-state index in [2.05, 4.69) is 16.0 Å². The molecule has 2 aromatic rings. The molecule has 3 amide bonds. The zero-order valence-electron chi connectivity index (χ0n) is 15.5. The van der Waals surface area contributed by atoms with Gasteiger partial charge in [0.1, 0.15) is 0 Å². The number of nitro groups is 1. The number of carbonyl (C=O) groups is 2. The Kier molecular flexibility index (Phi) is 5.39. The maximum atomic E-state index is 12.9. The summed E-state index contributed by atoms with van der Waals surface area (Å²) in [6, 6.07) is 12.3. The fraction of sp³-hybridized carbons (Fsp3) is 0.200. The van der Waals surface area contributed by atoms with Crippen molar-refractivity contribution in [2.75, 3.05) is 5.32 Å². The van der Waals surface area contributed by atoms with Gasteiger partial charge in [0.25, 0.3) is 11.6 Å². The van der Waals surface area contributed by atoms with E-state index in [1.165, 1.54) is 18.2 Å². The first-order valence-electron chi connectivity index (χ1n) is 8.82. The number of non-ortho nitro benzene ring substituents is 1. The molecule has 8 nitrogen and oxygen atoms in total. The summed E-state index contributed by atoms with van der Waals surface area (Å²) in [5.74, 6) is -0.449. The molecule has 1 atom stereocenters. The third-order valence-corrected chi connectivity index (χ3v) is 4.55. The van der Waals surface area contributed by atoms with Gasteiger partial charge in [-0.1, -0.05) is 37.3 Å². The first-order chi connectivity index (χ1) is 13.4. The second-order valence-corrected chi connectivity index (χ2v) is 6.43. The maximum Gasteiger partial charge on any atom is 0.319 e. The summed E-state index contributed by atoms with van der Waals surface area (Å²) in [6.07, 6.45) is 0.883. The van der Waals surface area contributed by atoms with Crippen molar-refractivity contribution < 1.29 is 14.5 Å². The Morgan fingerprint density at radius 2 is 1.93 bits per heavy atom. The second kappa shape index (κ2) is 7.91. The molecule has 0 fully saturated rings. The van der Waals surface area contributed by atoms with Crippen molar-refractivity contribution in [2.24, 2.45) is 0 Å². The second-order valence-electron chi connectivity index (χ2n) is 6.43. The van der Waals surface area contributed by atoms with Gasteiger partial charge in [-0.15, -0.1) is 0 Å². The molecule has 0 aromatic heterocycles. The minimum absolute atomic E-state index is 0.120. The van der Waals surface area contributed by atoms with Crippen LogP contribution in [0, 0.1) is 10.1 Å². The molecular formula is C20H20N4O4. The molecule has 1 heterocycles. The van der Waals surface area contributed by atoms with E-state index in [1.807, 2.05) is 31.2 Å². The van der Waals surface area contributed by atoms with Crippen LogP contribution in [-0.4, -0.2) is 16.9 Å². The molecule has 0 radical (unpaired) electrons. The molecule has 8 heteroatoms. The summed E-state index contributed by atoms with van der Waals surface area (Å²) in [5.41, 5.74) is 2.87. The molecule has 0 spiro atoms. The van der Waals surface area contributed by atoms with E-state index in [1.54, 1.807) is 13.0 Å². The highest BCUT2D eigenvalue weighted by Crippen LogP contribution is 2.28. The van der Waals surface area contributed by atoms with Crippen molar-refractivity contribution in [1.29, 1.82) is 0 Å². The van der Waals surface area contributed by atoms with Gasteiger partial charge >= 0.3 is 6.03 Å². The van der Waals surface area contributed by atoms with Gasteiger partial charge in [-0.2, -0.15) is 0 Å². The number of hydrogen-bond acceptors (Lipinski definition) is 4. The molecule has 3 rings (SSSR count). The number of nitro benzene ring substituents is 1. The number of anilines is 1. The van der Waals surface area contributed by atoms with Crippen LogP contribution in [0.15, 0.2) is 59.8 Å². The number of allylic oxidation sites excluding steroid dienone is 1. The lowest BCUT2D eigenvalue weighted by Gasteiger charge is -2.28. The minimum Gasteiger partial charge on any atom is -0.327 e. The van der Waals surface area contributed by atoms with Crippen LogP contribution in [0.2, 0.25) is 0 Å². The van der Waals surface area contributed by atoms with Gasteiger partial charge in [-0.3, -0.25) is 14.9 Å². The molecule has 0 saturated heterocycles. The minimum atomic E-state index is -0.627. The molecular weight excluding hydrogens is 360 g/mol. The van der Waals surface area contributed by atoms with Gasteiger partial charge < -0.3 is 16.0 Å². The molecule has 144 valence electrons. The van der Waals surface area contributed by atoms with Gasteiger partial charge in [-0.25, -0.2) is 4.79 Å². The molecule has 1 aliphatic heterocycles. The average molecular weight is 380 g/mol. The van der Waals surface area contributed by atoms with Crippen LogP contribution >= 0.6 is 0 Å². The van der Waals surface area contributed by atoms with Crippen LogP contribution < -0.4 is 16.0 Å². The lowest BCUT2D eigenvalue weighted by molar-refractivity contribution is -0.384. The van der Waals surface area contributed by atoms with Gasteiger partial charge in [0.2, 0.25) is 0 Å². The van der Waals surface area contributed by atoms with Crippen LogP contribution in [0.1, 0.15) is 31.0 Å². The Bertz CT molecular complexity index is 966. The highest BCUT2D eigenvalue weighted by Gasteiger charge is 2.31. The van der Waals surface area contributed by atoms with Crippen molar-refractivity contribution in [1.82, 2.24) is 10.6 Å². The van der Waals surface area contributed by atoms with Gasteiger partial charge in [0, 0.05) is 23.5 Å². The van der Waals surface area contributed by atoms with Gasteiger partial charge in [-0.05, 0) is 30.5 Å². The summed E-state index contributed by atoms with van der Waals surface area (Å²) in [5, 5.41) is 19.0. The topological polar surface area (TPSA) is 113 Å². The summed E-state index contributed by atoms with van der Waals surface area (Å²) in [4.78, 5) is 35.3. The van der Waals surface area contributed by atoms with Crippen LogP contribution in [0.25, 0.3) is 0 Å². The zero-order valence-corrected chi connectivity index (χ0v) is 15.5. The van der Waals surface area contributed by atoms with E-state index < -0.39 is 22.9 Å². The Labute approximate surface area is 161 Å². The summed E-state index contributed by atoms with van der Waals surface area (Å²) in [7, 11) is 0. The van der Waals surface area contributed by atoms with E-state index >= 15 is 0 Å². The molecule has 0 bridgehead atoms. The quantitative estimate of drug-likeness (QED) is 0.545. The Balaban J connectivity index is 1.92. The standard InChI is InChI=1S/C20H20N4O4/c1-3-13-7-9-14(10-8-13)18-17(12(2)21-20(26)23-18)19(25)22-15-5-4-6-16(11-15)24(27)28/h4-11,18H,3H2,1-2H3,(H,22,25)(H2,21,23,26). The molecule has 3 N–H and O–H groups in total. The Morgan fingerprint density at radius 1 is 1.21 bits per heavy atom. The van der Waals surface area contributed by atoms with E-state index in [-0.39, 0.29) is 5.69 Å². The van der Waals surface area contributed by atoms with Crippen molar-refractivity contribution >= 4 is 23.3 Å². The zero-order chi connectivity index (χ0) is 20.3. The van der Waals surface area contributed by atoms with E-state index in [4.69, 9.17) is 0 Å². The number of benzene rings is 2. The molecule has 0 aliphatic carbocycles. The van der Waals surface area contributed by atoms with Crippen molar-refractivity contribution in [3.63, 3.8) is 0 Å². The predicted octanol–water partition coefficient (Wildman–Crippen LogP) is 3.42. The number of urea groups is 1. The number of nitrogens with zero attached hydrogens (tertiary/aromatic N) is 1. The third kappa shape index (κ3) is 4.01. The fourth-order valence-corrected chi connectivity index (χ4v) is 3.09. The summed E-state index contributed by atoms with van der Waals surface area (Å²) >= 11 is 0. The summed E-state index contributed by atoms with van der Waals surface area (Å²) in [6.45, 7) is 3.69. The SMILES string of the molecule is CCc1ccc(C2NC(=O)NC(C)=C2C(=O)Nc2cccc([N+](=O)[O-])c2)cc1. The van der Waals surface area contributed by atoms with Crippen molar-refractivity contribution in [3.8, 4) is 0 Å². The number of nitrogens with one attached hydrogen (secondary N) is 3. The van der Waals surface area contributed by atoms with E-state index in [0.29, 0.717) is 17.0 Å². The van der Waals surface area contributed by atoms with E-state index in [9.17, 15) is 19.7 Å². The molecule has 28 heavy (non-hydrogen) atoms. The normalized spacial score (nSPS) is 16.2. The van der Waals surface area contributed by atoms with Crippen LogP contribution in [-0.2, 0) is 11.2 Å². The monoisotopic (exact) mass is 380 g/mol. The van der Waals surface area contributed by atoms with Crippen molar-refractivity contribution in [2.45, 2.75) is 26.3 Å². The number of carbonyl (C=O) groups excluding carboxylic acids is 2. The number of aryl methyl sites for hydroxylation is 1. The average Bonchev–Trinajstić information content (AvgIpc) is 2.67. The van der Waals surface area contributed by atoms with Crippen LogP contribution in [0.4, 0.5) is 16.2 Å². The Morgan fingerprint density at radius 3 is 2.57 bits per heavy atom. The Hall–Kier alpha value is -3.68. The molecule has 0 saturated carbocycles. The molecule has 1 aliphatic rings. The van der Waals surface area contributed by atoms with Crippen molar-refractivity contribution in [3.05, 3.63) is 81.0 Å². The number of rotatable bonds is 5. The molecule has 1 unspecified atom stereocenters. The lowest BCUT2D eigenvalue weighted by atomic mass is 9.94. The van der Waals surface area contributed by atoms with Gasteiger partial charge in [0.15, 0.2) is 0 Å². The smallest absolute Gasteiger partial charge is 0.319 e. The van der Waals surface area contributed by atoms with E-state index in [0.717, 1.165) is 17.5 Å². The fourth-order valence-electron chi connectivity index (χ4n) is 3.09. The highest BCUT2D eigenvalue weighted by molar-refractivity contribution is 6.06. The summed E-state index contributed by atoms with van der Waals surface area (Å²) < 4.78 is 0. The largest absolute Gasteiger partial charge is 0.327 e.